The van der Waals surface area contributed by atoms with E-state index >= 15 is 0 Å². The molecule has 0 radical (unpaired) electrons. The van der Waals surface area contributed by atoms with Gasteiger partial charge in [0, 0.05) is 17.9 Å². The van der Waals surface area contributed by atoms with E-state index < -0.39 is 0 Å². The van der Waals surface area contributed by atoms with Crippen LogP contribution in [0.4, 0.5) is 0 Å². The quantitative estimate of drug-likeness (QED) is 0.865. The minimum atomic E-state index is 0.248. The molecule has 1 aromatic rings. The Morgan fingerprint density at radius 3 is 2.88 bits per heavy atom. The van der Waals surface area contributed by atoms with E-state index in [4.69, 9.17) is 5.73 Å². The maximum atomic E-state index is 5.97. The lowest BCUT2D eigenvalue weighted by Gasteiger charge is -2.31. The summed E-state index contributed by atoms with van der Waals surface area (Å²) in [5.74, 6) is 0.657. The molecule has 2 atom stereocenters. The zero-order valence-electron chi connectivity index (χ0n) is 10.7. The SMILES string of the molecule is CCC(C)N1C(N)=NCC1c1ccc(C)nc1. The van der Waals surface area contributed by atoms with Crippen LogP contribution in [0.25, 0.3) is 0 Å². The van der Waals surface area contributed by atoms with E-state index in [1.54, 1.807) is 0 Å². The Morgan fingerprint density at radius 2 is 2.29 bits per heavy atom. The molecule has 0 bridgehead atoms. The number of nitrogens with two attached hydrogens (primary N) is 1. The Hall–Kier alpha value is -1.58. The monoisotopic (exact) mass is 232 g/mol. The number of aromatic nitrogens is 1. The normalized spacial score (nSPS) is 21.5. The number of guanidine groups is 1. The molecule has 1 aliphatic rings. The number of pyridine rings is 1. The van der Waals surface area contributed by atoms with Gasteiger partial charge < -0.3 is 10.6 Å². The summed E-state index contributed by atoms with van der Waals surface area (Å²) in [6.45, 7) is 7.08. The second-order valence-electron chi connectivity index (χ2n) is 4.61. The summed E-state index contributed by atoms with van der Waals surface area (Å²) in [5.41, 5.74) is 8.20. The molecule has 2 N–H and O–H groups in total. The Balaban J connectivity index is 2.24. The second kappa shape index (κ2) is 4.73. The molecule has 0 aromatic carbocycles. The standard InChI is InChI=1S/C13H20N4/c1-4-10(3)17-12(8-16-13(17)14)11-6-5-9(2)15-7-11/h5-7,10,12H,4,8H2,1-3H3,(H2,14,16). The van der Waals surface area contributed by atoms with Crippen molar-refractivity contribution in [1.29, 1.82) is 0 Å². The van der Waals surface area contributed by atoms with E-state index in [2.05, 4.69) is 34.8 Å². The molecule has 1 aromatic heterocycles. The highest BCUT2D eigenvalue weighted by atomic mass is 15.3. The minimum absolute atomic E-state index is 0.248. The molecule has 0 amide bonds. The van der Waals surface area contributed by atoms with Crippen molar-refractivity contribution in [2.24, 2.45) is 10.7 Å². The van der Waals surface area contributed by atoms with Gasteiger partial charge in [-0.25, -0.2) is 0 Å². The largest absolute Gasteiger partial charge is 0.370 e. The van der Waals surface area contributed by atoms with Crippen molar-refractivity contribution < 1.29 is 0 Å². The highest BCUT2D eigenvalue weighted by Crippen LogP contribution is 2.27. The zero-order valence-corrected chi connectivity index (χ0v) is 10.7. The van der Waals surface area contributed by atoms with Crippen molar-refractivity contribution in [2.45, 2.75) is 39.3 Å². The summed E-state index contributed by atoms with van der Waals surface area (Å²) >= 11 is 0. The van der Waals surface area contributed by atoms with Crippen molar-refractivity contribution in [1.82, 2.24) is 9.88 Å². The summed E-state index contributed by atoms with van der Waals surface area (Å²) in [7, 11) is 0. The van der Waals surface area contributed by atoms with Gasteiger partial charge in [-0.3, -0.25) is 9.98 Å². The Labute approximate surface area is 103 Å². The van der Waals surface area contributed by atoms with Gasteiger partial charge in [0.15, 0.2) is 5.96 Å². The lowest BCUT2D eigenvalue weighted by atomic mass is 10.1. The number of rotatable bonds is 3. The van der Waals surface area contributed by atoms with E-state index in [0.29, 0.717) is 12.0 Å². The average molecular weight is 232 g/mol. The van der Waals surface area contributed by atoms with E-state index in [-0.39, 0.29) is 6.04 Å². The Kier molecular flexibility index (Phi) is 3.31. The van der Waals surface area contributed by atoms with Crippen LogP contribution in [0.5, 0.6) is 0 Å². The van der Waals surface area contributed by atoms with Crippen molar-refractivity contribution in [3.05, 3.63) is 29.6 Å². The lowest BCUT2D eigenvalue weighted by Crippen LogP contribution is -2.42. The van der Waals surface area contributed by atoms with E-state index in [1.165, 1.54) is 5.56 Å². The number of aryl methyl sites for hydroxylation is 1. The fourth-order valence-corrected chi connectivity index (χ4v) is 2.18. The molecule has 0 aliphatic carbocycles. The molecule has 0 fully saturated rings. The summed E-state index contributed by atoms with van der Waals surface area (Å²) in [6.07, 6.45) is 3.00. The smallest absolute Gasteiger partial charge is 0.192 e. The first-order valence-electron chi connectivity index (χ1n) is 6.14. The molecule has 4 nitrogen and oxygen atoms in total. The van der Waals surface area contributed by atoms with Crippen molar-refractivity contribution in [2.75, 3.05) is 6.54 Å². The molecule has 1 aliphatic heterocycles. The van der Waals surface area contributed by atoms with Gasteiger partial charge in [-0.15, -0.1) is 0 Å². The first-order valence-corrected chi connectivity index (χ1v) is 6.14. The number of hydrogen-bond acceptors (Lipinski definition) is 4. The van der Waals surface area contributed by atoms with Crippen LogP contribution in [0.1, 0.15) is 37.6 Å². The highest BCUT2D eigenvalue weighted by Gasteiger charge is 2.30. The fraction of sp³-hybridized carbons (Fsp3) is 0.538. The Morgan fingerprint density at radius 1 is 1.53 bits per heavy atom. The predicted molar refractivity (Wildman–Crippen MR) is 69.8 cm³/mol. The van der Waals surface area contributed by atoms with Crippen molar-refractivity contribution >= 4 is 5.96 Å². The average Bonchev–Trinajstić information content (AvgIpc) is 2.71. The number of aliphatic imine (C=N–C) groups is 1. The summed E-state index contributed by atoms with van der Waals surface area (Å²) in [5, 5.41) is 0. The number of hydrogen-bond donors (Lipinski definition) is 1. The van der Waals surface area contributed by atoms with Crippen LogP contribution < -0.4 is 5.73 Å². The van der Waals surface area contributed by atoms with Gasteiger partial charge in [0.2, 0.25) is 0 Å². The zero-order chi connectivity index (χ0) is 12.4. The predicted octanol–water partition coefficient (Wildman–Crippen LogP) is 1.86. The van der Waals surface area contributed by atoms with Gasteiger partial charge in [0.25, 0.3) is 0 Å². The van der Waals surface area contributed by atoms with Gasteiger partial charge in [-0.05, 0) is 31.9 Å². The van der Waals surface area contributed by atoms with Crippen LogP contribution in [0, 0.1) is 6.92 Å². The van der Waals surface area contributed by atoms with Crippen LogP contribution in [-0.4, -0.2) is 28.4 Å². The molecular formula is C13H20N4. The van der Waals surface area contributed by atoms with Crippen LogP contribution in [0.3, 0.4) is 0 Å². The molecule has 92 valence electrons. The molecule has 0 saturated carbocycles. The van der Waals surface area contributed by atoms with E-state index in [1.807, 2.05) is 19.2 Å². The molecule has 0 spiro atoms. The molecule has 4 heteroatoms. The summed E-state index contributed by atoms with van der Waals surface area (Å²) in [6, 6.07) is 4.82. The van der Waals surface area contributed by atoms with Crippen molar-refractivity contribution in [3.8, 4) is 0 Å². The molecule has 17 heavy (non-hydrogen) atoms. The van der Waals surface area contributed by atoms with E-state index in [9.17, 15) is 0 Å². The molecule has 2 unspecified atom stereocenters. The third-order valence-electron chi connectivity index (χ3n) is 3.41. The van der Waals surface area contributed by atoms with E-state index in [0.717, 1.165) is 18.7 Å². The summed E-state index contributed by atoms with van der Waals surface area (Å²) < 4.78 is 0. The third kappa shape index (κ3) is 2.25. The first kappa shape index (κ1) is 11.9. The molecule has 0 saturated heterocycles. The van der Waals surface area contributed by atoms with Gasteiger partial charge in [-0.1, -0.05) is 13.0 Å². The summed E-state index contributed by atoms with van der Waals surface area (Å²) in [4.78, 5) is 10.9. The molecule has 2 heterocycles. The van der Waals surface area contributed by atoms with Gasteiger partial charge in [0.05, 0.1) is 12.6 Å². The maximum Gasteiger partial charge on any atom is 0.192 e. The van der Waals surface area contributed by atoms with Crippen LogP contribution in [-0.2, 0) is 0 Å². The lowest BCUT2D eigenvalue weighted by molar-refractivity contribution is 0.268. The maximum absolute atomic E-state index is 5.97. The van der Waals surface area contributed by atoms with Gasteiger partial charge in [0.1, 0.15) is 0 Å². The van der Waals surface area contributed by atoms with Crippen molar-refractivity contribution in [3.63, 3.8) is 0 Å². The van der Waals surface area contributed by atoms with Crippen LogP contribution >= 0.6 is 0 Å². The van der Waals surface area contributed by atoms with Gasteiger partial charge >= 0.3 is 0 Å². The van der Waals surface area contributed by atoms with Crippen LogP contribution in [0.15, 0.2) is 23.3 Å². The Bertz CT molecular complexity index is 410. The topological polar surface area (TPSA) is 54.5 Å². The first-order chi connectivity index (χ1) is 8.13. The highest BCUT2D eigenvalue weighted by molar-refractivity contribution is 5.80. The van der Waals surface area contributed by atoms with Gasteiger partial charge in [-0.2, -0.15) is 0 Å². The van der Waals surface area contributed by atoms with Crippen LogP contribution in [0.2, 0.25) is 0 Å². The minimum Gasteiger partial charge on any atom is -0.370 e. The molecule has 2 rings (SSSR count). The third-order valence-corrected chi connectivity index (χ3v) is 3.41. The second-order valence-corrected chi connectivity index (χ2v) is 4.61. The molecular weight excluding hydrogens is 212 g/mol. The fourth-order valence-electron chi connectivity index (χ4n) is 2.18. The number of nitrogens with zero attached hydrogens (tertiary/aromatic N) is 3.